The standard InChI is InChI=1S/C21H12N2O2S2/c24-20-19(27-21(25)23-20)18(15-11-26-17-6-2-1-5-14(15)17)13-7-8-16-12(10-13)4-3-9-22-16/h1-11H,(H,23,24,25). The highest BCUT2D eigenvalue weighted by Gasteiger charge is 2.30. The first kappa shape index (κ1) is 16.2. The summed E-state index contributed by atoms with van der Waals surface area (Å²) in [5.74, 6) is -0.346. The molecular formula is C21H12N2O2S2. The number of hydrogen-bond donors (Lipinski definition) is 1. The van der Waals surface area contributed by atoms with E-state index in [0.29, 0.717) is 4.91 Å². The molecule has 6 heteroatoms. The fourth-order valence-corrected chi connectivity index (χ4v) is 5.04. The highest BCUT2D eigenvalue weighted by Crippen LogP contribution is 2.41. The van der Waals surface area contributed by atoms with Gasteiger partial charge in [-0.15, -0.1) is 11.3 Å². The van der Waals surface area contributed by atoms with Gasteiger partial charge >= 0.3 is 0 Å². The summed E-state index contributed by atoms with van der Waals surface area (Å²) in [5, 5.41) is 6.16. The Kier molecular flexibility index (Phi) is 3.81. The summed E-state index contributed by atoms with van der Waals surface area (Å²) >= 11 is 2.59. The second-order valence-electron chi connectivity index (χ2n) is 6.10. The third kappa shape index (κ3) is 2.74. The lowest BCUT2D eigenvalue weighted by molar-refractivity contribution is -0.115. The minimum absolute atomic E-state index is 0.338. The molecule has 0 unspecified atom stereocenters. The van der Waals surface area contributed by atoms with Gasteiger partial charge in [0.2, 0.25) is 0 Å². The van der Waals surface area contributed by atoms with Gasteiger partial charge in [-0.1, -0.05) is 30.3 Å². The Bertz CT molecular complexity index is 1270. The summed E-state index contributed by atoms with van der Waals surface area (Å²) in [6.07, 6.45) is 1.76. The van der Waals surface area contributed by atoms with Crippen molar-refractivity contribution < 1.29 is 9.59 Å². The van der Waals surface area contributed by atoms with Gasteiger partial charge in [0.25, 0.3) is 11.1 Å². The molecule has 1 N–H and O–H groups in total. The molecule has 0 spiro atoms. The molecule has 1 aliphatic rings. The fraction of sp³-hybridized carbons (Fsp3) is 0. The van der Waals surface area contributed by atoms with Crippen molar-refractivity contribution in [1.29, 1.82) is 0 Å². The zero-order chi connectivity index (χ0) is 18.4. The number of imide groups is 1. The molecule has 0 bridgehead atoms. The van der Waals surface area contributed by atoms with Crippen LogP contribution in [-0.4, -0.2) is 16.1 Å². The van der Waals surface area contributed by atoms with Crippen molar-refractivity contribution in [2.75, 3.05) is 0 Å². The number of thioether (sulfide) groups is 1. The van der Waals surface area contributed by atoms with Gasteiger partial charge in [0.1, 0.15) is 0 Å². The van der Waals surface area contributed by atoms with E-state index in [1.54, 1.807) is 17.5 Å². The zero-order valence-electron chi connectivity index (χ0n) is 13.9. The van der Waals surface area contributed by atoms with Crippen LogP contribution in [0, 0.1) is 0 Å². The highest BCUT2D eigenvalue weighted by molar-refractivity contribution is 8.18. The first-order valence-electron chi connectivity index (χ1n) is 8.30. The number of hydrogen-bond acceptors (Lipinski definition) is 5. The maximum atomic E-state index is 12.5. The van der Waals surface area contributed by atoms with E-state index in [-0.39, 0.29) is 11.1 Å². The number of aromatic nitrogens is 1. The molecule has 1 saturated heterocycles. The van der Waals surface area contributed by atoms with Crippen LogP contribution in [0.2, 0.25) is 0 Å². The predicted molar refractivity (Wildman–Crippen MR) is 111 cm³/mol. The van der Waals surface area contributed by atoms with E-state index in [4.69, 9.17) is 0 Å². The van der Waals surface area contributed by atoms with Crippen molar-refractivity contribution in [1.82, 2.24) is 10.3 Å². The number of thiophene rings is 1. The van der Waals surface area contributed by atoms with Crippen LogP contribution in [0.1, 0.15) is 11.1 Å². The van der Waals surface area contributed by atoms with E-state index in [1.165, 1.54) is 0 Å². The number of fused-ring (bicyclic) bond motifs is 2. The molecule has 0 aliphatic carbocycles. The van der Waals surface area contributed by atoms with Gasteiger partial charge in [-0.3, -0.25) is 19.9 Å². The predicted octanol–water partition coefficient (Wildman–Crippen LogP) is 5.19. The topological polar surface area (TPSA) is 59.1 Å². The monoisotopic (exact) mass is 388 g/mol. The summed E-state index contributed by atoms with van der Waals surface area (Å²) in [7, 11) is 0. The van der Waals surface area contributed by atoms with Crippen LogP contribution in [0.5, 0.6) is 0 Å². The van der Waals surface area contributed by atoms with Crippen LogP contribution in [0.15, 0.2) is 71.1 Å². The molecule has 130 valence electrons. The van der Waals surface area contributed by atoms with Crippen molar-refractivity contribution in [2.24, 2.45) is 0 Å². The van der Waals surface area contributed by atoms with Gasteiger partial charge < -0.3 is 0 Å². The molecule has 5 rings (SSSR count). The number of benzene rings is 2. The van der Waals surface area contributed by atoms with Gasteiger partial charge in [-0.25, -0.2) is 0 Å². The van der Waals surface area contributed by atoms with E-state index in [9.17, 15) is 9.59 Å². The van der Waals surface area contributed by atoms with Gasteiger partial charge in [-0.2, -0.15) is 0 Å². The summed E-state index contributed by atoms with van der Waals surface area (Å²) < 4.78 is 1.14. The van der Waals surface area contributed by atoms with Crippen LogP contribution in [0.4, 0.5) is 4.79 Å². The summed E-state index contributed by atoms with van der Waals surface area (Å²) in [6.45, 7) is 0. The molecule has 2 amide bonds. The minimum Gasteiger partial charge on any atom is -0.282 e. The number of carbonyl (C=O) groups is 2. The van der Waals surface area contributed by atoms with E-state index in [1.807, 2.05) is 48.5 Å². The minimum atomic E-state index is -0.346. The largest absolute Gasteiger partial charge is 0.290 e. The van der Waals surface area contributed by atoms with Crippen molar-refractivity contribution in [3.05, 3.63) is 82.2 Å². The Labute approximate surface area is 162 Å². The Balaban J connectivity index is 1.82. The molecule has 27 heavy (non-hydrogen) atoms. The first-order valence-corrected chi connectivity index (χ1v) is 9.99. The summed E-state index contributed by atoms with van der Waals surface area (Å²) in [5.41, 5.74) is 3.53. The average molecular weight is 388 g/mol. The number of pyridine rings is 1. The molecule has 4 nitrogen and oxygen atoms in total. The molecule has 2 aromatic carbocycles. The van der Waals surface area contributed by atoms with Crippen molar-refractivity contribution in [3.8, 4) is 0 Å². The third-order valence-corrected chi connectivity index (χ3v) is 6.33. The third-order valence-electron chi connectivity index (χ3n) is 4.49. The molecule has 0 atom stereocenters. The van der Waals surface area contributed by atoms with Crippen LogP contribution >= 0.6 is 23.1 Å². The van der Waals surface area contributed by atoms with Crippen molar-refractivity contribution in [3.63, 3.8) is 0 Å². The molecular weight excluding hydrogens is 376 g/mol. The van der Waals surface area contributed by atoms with E-state index >= 15 is 0 Å². The highest BCUT2D eigenvalue weighted by atomic mass is 32.2. The molecule has 4 aromatic rings. The van der Waals surface area contributed by atoms with Gasteiger partial charge in [-0.05, 0) is 47.0 Å². The Morgan fingerprint density at radius 1 is 1.00 bits per heavy atom. The van der Waals surface area contributed by atoms with Gasteiger partial charge in [0.05, 0.1) is 10.4 Å². The van der Waals surface area contributed by atoms with E-state index in [2.05, 4.69) is 21.7 Å². The fourth-order valence-electron chi connectivity index (χ4n) is 3.29. The normalized spacial score (nSPS) is 16.1. The van der Waals surface area contributed by atoms with Crippen LogP contribution < -0.4 is 5.32 Å². The molecule has 2 aromatic heterocycles. The smallest absolute Gasteiger partial charge is 0.282 e. The maximum Gasteiger partial charge on any atom is 0.290 e. The van der Waals surface area contributed by atoms with Gasteiger partial charge in [0.15, 0.2) is 0 Å². The van der Waals surface area contributed by atoms with E-state index < -0.39 is 0 Å². The zero-order valence-corrected chi connectivity index (χ0v) is 15.6. The number of carbonyl (C=O) groups excluding carboxylic acids is 2. The summed E-state index contributed by atoms with van der Waals surface area (Å²) in [6, 6.07) is 17.9. The van der Waals surface area contributed by atoms with Crippen molar-refractivity contribution in [2.45, 2.75) is 0 Å². The Morgan fingerprint density at radius 2 is 1.89 bits per heavy atom. The van der Waals surface area contributed by atoms with Crippen LogP contribution in [-0.2, 0) is 4.79 Å². The maximum absolute atomic E-state index is 12.5. The second-order valence-corrected chi connectivity index (χ2v) is 8.00. The van der Waals surface area contributed by atoms with Crippen LogP contribution in [0.25, 0.3) is 26.6 Å². The van der Waals surface area contributed by atoms with Crippen molar-refractivity contribution >= 4 is 60.8 Å². The Hall–Kier alpha value is -2.96. The van der Waals surface area contributed by atoms with Crippen LogP contribution in [0.3, 0.4) is 0 Å². The molecule has 0 radical (unpaired) electrons. The van der Waals surface area contributed by atoms with Gasteiger partial charge in [0, 0.05) is 32.8 Å². The SMILES string of the molecule is O=C1NC(=O)C(=C(c2ccc3ncccc3c2)c2csc3ccccc23)S1. The quantitative estimate of drug-likeness (QED) is 0.480. The lowest BCUT2D eigenvalue weighted by Crippen LogP contribution is -2.18. The first-order chi connectivity index (χ1) is 13.2. The second kappa shape index (κ2) is 6.33. The number of rotatable bonds is 2. The molecule has 0 saturated carbocycles. The van der Waals surface area contributed by atoms with E-state index in [0.717, 1.165) is 49.5 Å². The number of nitrogens with zero attached hydrogens (tertiary/aromatic N) is 1. The number of amides is 2. The lowest BCUT2D eigenvalue weighted by Gasteiger charge is -2.11. The lowest BCUT2D eigenvalue weighted by atomic mass is 9.95. The molecule has 1 aliphatic heterocycles. The molecule has 3 heterocycles. The summed E-state index contributed by atoms with van der Waals surface area (Å²) in [4.78, 5) is 29.1. The molecule has 1 fully saturated rings. The number of nitrogens with one attached hydrogen (secondary N) is 1. The Morgan fingerprint density at radius 3 is 2.74 bits per heavy atom. The average Bonchev–Trinajstić information content (AvgIpc) is 3.25.